The van der Waals surface area contributed by atoms with Gasteiger partial charge in [0.15, 0.2) is 13.1 Å². The number of anilines is 1. The number of carbonyl (C=O) groups excluding carboxylic acids is 2. The largest absolute Gasteiger partial charge is 0.497 e. The van der Waals surface area contributed by atoms with E-state index in [1.54, 1.807) is 31.4 Å². The van der Waals surface area contributed by atoms with Crippen LogP contribution in [-0.2, 0) is 9.59 Å². The standard InChI is InChI=1S/C18H29N3O3/c1-5-21(12-17(22)19-11-10-14(2)3)13-18(23)20-15-6-8-16(24-4)9-7-15/h6-9,14H,5,10-13H2,1-4H3,(H,19,22)(H,20,23)/p+1. The van der Waals surface area contributed by atoms with Crippen LogP contribution in [0.1, 0.15) is 27.2 Å². The molecule has 2 amide bonds. The third kappa shape index (κ3) is 7.97. The Morgan fingerprint density at radius 3 is 2.29 bits per heavy atom. The molecular formula is C18H30N3O3+. The minimum Gasteiger partial charge on any atom is -0.497 e. The van der Waals surface area contributed by atoms with Gasteiger partial charge in [0.25, 0.3) is 11.8 Å². The van der Waals surface area contributed by atoms with E-state index >= 15 is 0 Å². The number of rotatable bonds is 10. The molecule has 0 radical (unpaired) electrons. The molecule has 1 rings (SSSR count). The Morgan fingerprint density at radius 2 is 1.75 bits per heavy atom. The number of quaternary nitrogens is 1. The van der Waals surface area contributed by atoms with Gasteiger partial charge < -0.3 is 20.3 Å². The number of ether oxygens (including phenoxy) is 1. The fourth-order valence-electron chi connectivity index (χ4n) is 2.21. The van der Waals surface area contributed by atoms with E-state index in [4.69, 9.17) is 4.74 Å². The Balaban J connectivity index is 2.39. The zero-order valence-corrected chi connectivity index (χ0v) is 15.1. The number of hydrogen-bond donors (Lipinski definition) is 3. The first-order valence-electron chi connectivity index (χ1n) is 8.48. The summed E-state index contributed by atoms with van der Waals surface area (Å²) in [5, 5.41) is 5.75. The number of hydrogen-bond acceptors (Lipinski definition) is 3. The second kappa shape index (κ2) is 10.6. The van der Waals surface area contributed by atoms with Crippen LogP contribution in [0.2, 0.25) is 0 Å². The van der Waals surface area contributed by atoms with E-state index in [1.165, 1.54) is 0 Å². The SMILES string of the molecule is CC[NH+](CC(=O)NCCC(C)C)CC(=O)Nc1ccc(OC)cc1. The maximum atomic E-state index is 12.1. The monoisotopic (exact) mass is 336 g/mol. The zero-order chi connectivity index (χ0) is 17.9. The van der Waals surface area contributed by atoms with Crippen molar-refractivity contribution in [1.82, 2.24) is 5.32 Å². The summed E-state index contributed by atoms with van der Waals surface area (Å²) in [6.45, 7) is 8.19. The summed E-state index contributed by atoms with van der Waals surface area (Å²) in [4.78, 5) is 25.0. The van der Waals surface area contributed by atoms with Gasteiger partial charge in [-0.2, -0.15) is 0 Å². The van der Waals surface area contributed by atoms with Crippen molar-refractivity contribution in [2.24, 2.45) is 5.92 Å². The van der Waals surface area contributed by atoms with Crippen LogP contribution in [0.5, 0.6) is 5.75 Å². The third-order valence-corrected chi connectivity index (χ3v) is 3.74. The second-order valence-electron chi connectivity index (χ2n) is 6.27. The Bertz CT molecular complexity index is 515. The Labute approximate surface area is 144 Å². The molecule has 24 heavy (non-hydrogen) atoms. The van der Waals surface area contributed by atoms with E-state index in [0.29, 0.717) is 25.6 Å². The highest BCUT2D eigenvalue weighted by molar-refractivity contribution is 5.91. The first-order chi connectivity index (χ1) is 11.4. The number of likely N-dealkylation sites (N-methyl/N-ethyl adjacent to an activating group) is 1. The highest BCUT2D eigenvalue weighted by Gasteiger charge is 2.16. The lowest BCUT2D eigenvalue weighted by Gasteiger charge is -2.17. The molecule has 0 spiro atoms. The molecule has 0 aliphatic carbocycles. The Hall–Kier alpha value is -2.08. The molecule has 1 aromatic rings. The van der Waals surface area contributed by atoms with Gasteiger partial charge in [0.1, 0.15) is 5.75 Å². The molecule has 0 saturated carbocycles. The smallest absolute Gasteiger partial charge is 0.279 e. The van der Waals surface area contributed by atoms with Crippen molar-refractivity contribution in [3.63, 3.8) is 0 Å². The average molecular weight is 336 g/mol. The molecule has 0 heterocycles. The lowest BCUT2D eigenvalue weighted by Crippen LogP contribution is -3.14. The van der Waals surface area contributed by atoms with E-state index in [9.17, 15) is 9.59 Å². The van der Waals surface area contributed by atoms with Crippen LogP contribution in [0, 0.1) is 5.92 Å². The normalized spacial score (nSPS) is 11.9. The summed E-state index contributed by atoms with van der Waals surface area (Å²) >= 11 is 0. The van der Waals surface area contributed by atoms with Gasteiger partial charge in [-0.1, -0.05) is 13.8 Å². The fourth-order valence-corrected chi connectivity index (χ4v) is 2.21. The highest BCUT2D eigenvalue weighted by atomic mass is 16.5. The van der Waals surface area contributed by atoms with E-state index in [2.05, 4.69) is 24.5 Å². The van der Waals surface area contributed by atoms with Crippen molar-refractivity contribution in [3.8, 4) is 5.75 Å². The first-order valence-corrected chi connectivity index (χ1v) is 8.48. The molecule has 0 aliphatic rings. The lowest BCUT2D eigenvalue weighted by atomic mass is 10.1. The fraction of sp³-hybridized carbons (Fsp3) is 0.556. The molecule has 6 nitrogen and oxygen atoms in total. The molecule has 0 aliphatic heterocycles. The van der Waals surface area contributed by atoms with Gasteiger partial charge in [-0.15, -0.1) is 0 Å². The van der Waals surface area contributed by atoms with Crippen LogP contribution in [0.15, 0.2) is 24.3 Å². The molecule has 0 bridgehead atoms. The van der Waals surface area contributed by atoms with Gasteiger partial charge in [0, 0.05) is 12.2 Å². The van der Waals surface area contributed by atoms with Crippen LogP contribution in [-0.4, -0.2) is 45.1 Å². The molecule has 0 aromatic heterocycles. The molecule has 0 fully saturated rings. The Morgan fingerprint density at radius 1 is 1.12 bits per heavy atom. The van der Waals surface area contributed by atoms with Gasteiger partial charge in [-0.3, -0.25) is 9.59 Å². The van der Waals surface area contributed by atoms with Gasteiger partial charge in [-0.25, -0.2) is 0 Å². The van der Waals surface area contributed by atoms with Gasteiger partial charge in [-0.05, 0) is 43.5 Å². The minimum atomic E-state index is -0.105. The average Bonchev–Trinajstić information content (AvgIpc) is 2.54. The summed E-state index contributed by atoms with van der Waals surface area (Å²) < 4.78 is 5.09. The van der Waals surface area contributed by atoms with E-state index in [0.717, 1.165) is 22.8 Å². The maximum Gasteiger partial charge on any atom is 0.279 e. The van der Waals surface area contributed by atoms with E-state index in [1.807, 2.05) is 6.92 Å². The molecule has 6 heteroatoms. The summed E-state index contributed by atoms with van der Waals surface area (Å²) in [6.07, 6.45) is 0.963. The van der Waals surface area contributed by atoms with Crippen LogP contribution >= 0.6 is 0 Å². The number of nitrogens with one attached hydrogen (secondary N) is 3. The number of methoxy groups -OCH3 is 1. The van der Waals surface area contributed by atoms with Crippen molar-refractivity contribution < 1.29 is 19.2 Å². The highest BCUT2D eigenvalue weighted by Crippen LogP contribution is 2.14. The molecule has 3 N–H and O–H groups in total. The molecule has 0 saturated heterocycles. The minimum absolute atomic E-state index is 0.00949. The van der Waals surface area contributed by atoms with E-state index in [-0.39, 0.29) is 18.4 Å². The first kappa shape index (κ1) is 20.0. The topological polar surface area (TPSA) is 71.9 Å². The van der Waals surface area contributed by atoms with Crippen molar-refractivity contribution in [1.29, 1.82) is 0 Å². The molecule has 1 aromatic carbocycles. The molecule has 1 atom stereocenters. The molecule has 1 unspecified atom stereocenters. The summed E-state index contributed by atoms with van der Waals surface area (Å²) in [6, 6.07) is 7.17. The predicted molar refractivity (Wildman–Crippen MR) is 95.3 cm³/mol. The number of carbonyl (C=O) groups is 2. The third-order valence-electron chi connectivity index (χ3n) is 3.74. The molecule has 134 valence electrons. The van der Waals surface area contributed by atoms with Crippen LogP contribution in [0.3, 0.4) is 0 Å². The van der Waals surface area contributed by atoms with Crippen molar-refractivity contribution in [3.05, 3.63) is 24.3 Å². The maximum absolute atomic E-state index is 12.1. The van der Waals surface area contributed by atoms with Gasteiger partial charge in [0.05, 0.1) is 13.7 Å². The Kier molecular flexibility index (Phi) is 8.86. The summed E-state index contributed by atoms with van der Waals surface area (Å²) in [7, 11) is 1.60. The van der Waals surface area contributed by atoms with Gasteiger partial charge >= 0.3 is 0 Å². The zero-order valence-electron chi connectivity index (χ0n) is 15.1. The summed E-state index contributed by atoms with van der Waals surface area (Å²) in [5.74, 6) is 1.19. The lowest BCUT2D eigenvalue weighted by molar-refractivity contribution is -0.881. The van der Waals surface area contributed by atoms with Crippen LogP contribution in [0.4, 0.5) is 5.69 Å². The van der Waals surface area contributed by atoms with Crippen molar-refractivity contribution in [2.45, 2.75) is 27.2 Å². The quantitative estimate of drug-likeness (QED) is 0.589. The van der Waals surface area contributed by atoms with Gasteiger partial charge in [0.2, 0.25) is 0 Å². The number of benzene rings is 1. The molecular weight excluding hydrogens is 306 g/mol. The van der Waals surface area contributed by atoms with Crippen LogP contribution < -0.4 is 20.3 Å². The number of amides is 2. The van der Waals surface area contributed by atoms with Crippen molar-refractivity contribution >= 4 is 17.5 Å². The predicted octanol–water partition coefficient (Wildman–Crippen LogP) is 0.701. The second-order valence-corrected chi connectivity index (χ2v) is 6.27. The van der Waals surface area contributed by atoms with Crippen LogP contribution in [0.25, 0.3) is 0 Å². The van der Waals surface area contributed by atoms with Crippen molar-refractivity contribution in [2.75, 3.05) is 38.6 Å². The van der Waals surface area contributed by atoms with E-state index < -0.39 is 0 Å². The summed E-state index contributed by atoms with van der Waals surface area (Å²) in [5.41, 5.74) is 0.720.